The summed E-state index contributed by atoms with van der Waals surface area (Å²) in [6, 6.07) is 9.94. The summed E-state index contributed by atoms with van der Waals surface area (Å²) in [6.45, 7) is 13.1. The lowest BCUT2D eigenvalue weighted by Gasteiger charge is -2.21. The van der Waals surface area contributed by atoms with E-state index in [-0.39, 0.29) is 11.3 Å². The largest absolute Gasteiger partial charge is 0.384 e. The molecule has 0 aromatic carbocycles. The summed E-state index contributed by atoms with van der Waals surface area (Å²) in [7, 11) is 0. The molecule has 0 aliphatic rings. The van der Waals surface area contributed by atoms with Crippen LogP contribution in [0.15, 0.2) is 30.3 Å². The molecule has 8 nitrogen and oxygen atoms in total. The van der Waals surface area contributed by atoms with Gasteiger partial charge in [0.2, 0.25) is 0 Å². The summed E-state index contributed by atoms with van der Waals surface area (Å²) in [6.07, 6.45) is 0. The van der Waals surface area contributed by atoms with Crippen LogP contribution in [0.1, 0.15) is 58.8 Å². The first-order chi connectivity index (χ1) is 14.5. The predicted molar refractivity (Wildman–Crippen MR) is 126 cm³/mol. The molecule has 0 spiro atoms. The minimum Gasteiger partial charge on any atom is -0.384 e. The zero-order chi connectivity index (χ0) is 22.5. The van der Waals surface area contributed by atoms with Crippen LogP contribution in [-0.2, 0) is 5.41 Å². The van der Waals surface area contributed by atoms with E-state index in [0.717, 1.165) is 33.6 Å². The van der Waals surface area contributed by atoms with E-state index in [1.54, 1.807) is 6.07 Å². The van der Waals surface area contributed by atoms with Crippen molar-refractivity contribution in [2.45, 2.75) is 52.9 Å². The molecule has 0 amide bonds. The molecule has 4 rings (SSSR count). The number of hydrogen-bond donors (Lipinski definition) is 4. The van der Waals surface area contributed by atoms with E-state index in [1.165, 1.54) is 0 Å². The number of hydrogen-bond acceptors (Lipinski definition) is 6. The van der Waals surface area contributed by atoms with Crippen molar-refractivity contribution >= 4 is 39.7 Å². The van der Waals surface area contributed by atoms with Crippen LogP contribution in [0.5, 0.6) is 0 Å². The van der Waals surface area contributed by atoms with Gasteiger partial charge in [-0.2, -0.15) is 0 Å². The molecule has 1 atom stereocenters. The Morgan fingerprint density at radius 1 is 1.00 bits per heavy atom. The first kappa shape index (κ1) is 20.8. The lowest BCUT2D eigenvalue weighted by atomic mass is 9.91. The number of nitrogens with two attached hydrogens (primary N) is 2. The van der Waals surface area contributed by atoms with Crippen molar-refractivity contribution in [2.24, 2.45) is 5.92 Å². The van der Waals surface area contributed by atoms with Crippen LogP contribution in [0.3, 0.4) is 0 Å². The zero-order valence-corrected chi connectivity index (χ0v) is 19.0. The monoisotopic (exact) mass is 419 g/mol. The highest BCUT2D eigenvalue weighted by atomic mass is 15.4. The highest BCUT2D eigenvalue weighted by Gasteiger charge is 2.28. The number of fused-ring (bicyclic) bond motifs is 2. The smallest absolute Gasteiger partial charge is 0.374 e. The van der Waals surface area contributed by atoms with Crippen molar-refractivity contribution in [1.29, 1.82) is 0 Å². The molecule has 4 heterocycles. The Labute approximate surface area is 182 Å². The van der Waals surface area contributed by atoms with Crippen LogP contribution < -0.4 is 21.6 Å². The minimum atomic E-state index is -0.130. The summed E-state index contributed by atoms with van der Waals surface area (Å²) in [5, 5.41) is 0.891. The van der Waals surface area contributed by atoms with E-state index < -0.39 is 0 Å². The van der Waals surface area contributed by atoms with E-state index in [9.17, 15) is 0 Å². The van der Waals surface area contributed by atoms with Crippen LogP contribution in [0.25, 0.3) is 22.2 Å². The molecule has 4 aromatic heterocycles. The highest BCUT2D eigenvalue weighted by molar-refractivity contribution is 5.89. The molecular formula is C23H31N8+. The molecule has 4 aromatic rings. The number of imidazole rings is 1. The topological polar surface area (TPSA) is 122 Å². The Bertz CT molecular complexity index is 1270. The van der Waals surface area contributed by atoms with Gasteiger partial charge in [-0.3, -0.25) is 4.98 Å². The fraction of sp³-hybridized carbons (Fsp3) is 0.391. The normalized spacial score (nSPS) is 13.3. The van der Waals surface area contributed by atoms with Gasteiger partial charge in [-0.05, 0) is 36.2 Å². The Balaban J connectivity index is 1.97. The van der Waals surface area contributed by atoms with Gasteiger partial charge in [0, 0.05) is 27.4 Å². The quantitative estimate of drug-likeness (QED) is 0.372. The highest BCUT2D eigenvalue weighted by Crippen LogP contribution is 2.30. The summed E-state index contributed by atoms with van der Waals surface area (Å²) >= 11 is 0. The molecule has 0 saturated carbocycles. The van der Waals surface area contributed by atoms with Gasteiger partial charge >= 0.3 is 11.6 Å². The first-order valence-electron chi connectivity index (χ1n) is 10.6. The number of aromatic nitrogens is 5. The maximum Gasteiger partial charge on any atom is 0.374 e. The van der Waals surface area contributed by atoms with Gasteiger partial charge in [-0.1, -0.05) is 41.5 Å². The molecule has 31 heavy (non-hydrogen) atoms. The number of H-pyrrole nitrogens is 1. The Kier molecular flexibility index (Phi) is 4.95. The van der Waals surface area contributed by atoms with Gasteiger partial charge in [-0.15, -0.1) is 4.68 Å². The Morgan fingerprint density at radius 2 is 1.74 bits per heavy atom. The number of pyridine rings is 3. The lowest BCUT2D eigenvalue weighted by Crippen LogP contribution is -2.50. The second kappa shape index (κ2) is 7.37. The van der Waals surface area contributed by atoms with Crippen LogP contribution in [0.2, 0.25) is 0 Å². The average molecular weight is 420 g/mol. The molecule has 8 heteroatoms. The molecule has 0 fully saturated rings. The fourth-order valence-corrected chi connectivity index (χ4v) is 3.66. The van der Waals surface area contributed by atoms with E-state index in [2.05, 4.69) is 74.1 Å². The van der Waals surface area contributed by atoms with Crippen molar-refractivity contribution < 1.29 is 4.68 Å². The molecule has 1 unspecified atom stereocenters. The van der Waals surface area contributed by atoms with E-state index in [1.807, 2.05) is 16.8 Å². The maximum atomic E-state index is 5.97. The summed E-state index contributed by atoms with van der Waals surface area (Å²) in [5.74, 6) is 1.52. The van der Waals surface area contributed by atoms with Crippen molar-refractivity contribution in [3.63, 3.8) is 0 Å². The molecule has 6 N–H and O–H groups in total. The van der Waals surface area contributed by atoms with Crippen molar-refractivity contribution in [1.82, 2.24) is 19.9 Å². The second-order valence-corrected chi connectivity index (χ2v) is 9.51. The van der Waals surface area contributed by atoms with Crippen molar-refractivity contribution in [3.8, 4) is 0 Å². The third-order valence-electron chi connectivity index (χ3n) is 5.77. The third kappa shape index (κ3) is 3.85. The van der Waals surface area contributed by atoms with Crippen LogP contribution in [0.4, 0.5) is 17.5 Å². The standard InChI is InChI=1S/C23H30N8/c1-12(2)13(3)16-11-17(14-7-10-19(24)28-20(14)26-16)30-31-18(23(4,5)6)9-8-15-21(31)29-22(25)27-15/h7-13H,1-6H3,(H5,24,25,26,27,28,30)/p+1. The Hall–Kier alpha value is -3.42. The number of nitrogen functional groups attached to an aromatic ring is 2. The predicted octanol–water partition coefficient (Wildman–Crippen LogP) is 3.89. The van der Waals surface area contributed by atoms with E-state index >= 15 is 0 Å². The van der Waals surface area contributed by atoms with Gasteiger partial charge in [0.05, 0.1) is 5.69 Å². The van der Waals surface area contributed by atoms with E-state index in [0.29, 0.717) is 23.3 Å². The molecule has 0 aliphatic heterocycles. The SMILES string of the molecule is CC(C)C(C)c1cc(N[n+]2c(C(C)(C)C)ccc3[nH]c(N)nc32)c2ccc(N)nc2n1. The number of nitrogens with zero attached hydrogens (tertiary/aromatic N) is 4. The summed E-state index contributed by atoms with van der Waals surface area (Å²) < 4.78 is 2.00. The number of aromatic amines is 1. The molecule has 0 aliphatic carbocycles. The molecular weight excluding hydrogens is 388 g/mol. The average Bonchev–Trinajstić information content (AvgIpc) is 3.06. The maximum absolute atomic E-state index is 5.97. The Morgan fingerprint density at radius 3 is 2.42 bits per heavy atom. The molecule has 0 bridgehead atoms. The molecule has 0 radical (unpaired) electrons. The van der Waals surface area contributed by atoms with Crippen molar-refractivity contribution in [2.75, 3.05) is 16.9 Å². The van der Waals surface area contributed by atoms with E-state index in [4.69, 9.17) is 16.5 Å². The lowest BCUT2D eigenvalue weighted by molar-refractivity contribution is -0.629. The van der Waals surface area contributed by atoms with Gasteiger partial charge < -0.3 is 11.5 Å². The molecule has 162 valence electrons. The number of nitrogens with one attached hydrogen (secondary N) is 2. The summed E-state index contributed by atoms with van der Waals surface area (Å²) in [4.78, 5) is 17.0. The minimum absolute atomic E-state index is 0.130. The molecule has 0 saturated heterocycles. The first-order valence-corrected chi connectivity index (χ1v) is 10.6. The van der Waals surface area contributed by atoms with Gasteiger partial charge in [0.1, 0.15) is 17.0 Å². The number of rotatable bonds is 4. The van der Waals surface area contributed by atoms with Crippen LogP contribution in [0, 0.1) is 5.92 Å². The third-order valence-corrected chi connectivity index (χ3v) is 5.77. The number of anilines is 3. The van der Waals surface area contributed by atoms with Gasteiger partial charge in [-0.25, -0.2) is 15.4 Å². The second-order valence-electron chi connectivity index (χ2n) is 9.51. The fourth-order valence-electron chi connectivity index (χ4n) is 3.66. The summed E-state index contributed by atoms with van der Waals surface area (Å²) in [5.41, 5.74) is 20.5. The zero-order valence-electron chi connectivity index (χ0n) is 19.0. The van der Waals surface area contributed by atoms with Gasteiger partial charge in [0.25, 0.3) is 0 Å². The van der Waals surface area contributed by atoms with Gasteiger partial charge in [0.15, 0.2) is 5.65 Å². The van der Waals surface area contributed by atoms with Crippen LogP contribution in [-0.4, -0.2) is 19.9 Å². The van der Waals surface area contributed by atoms with Crippen molar-refractivity contribution in [3.05, 3.63) is 41.7 Å². The van der Waals surface area contributed by atoms with Crippen LogP contribution >= 0.6 is 0 Å².